The maximum Gasteiger partial charge on any atom is 0.0641 e. The summed E-state index contributed by atoms with van der Waals surface area (Å²) < 4.78 is 4.95. The Morgan fingerprint density at radius 3 is 1.65 bits per heavy atom. The van der Waals surface area contributed by atoms with E-state index in [0.29, 0.717) is 0 Å². The van der Waals surface area contributed by atoms with Crippen molar-refractivity contribution in [2.24, 2.45) is 0 Å². The number of fused-ring (bicyclic) bond motifs is 6. The van der Waals surface area contributed by atoms with Crippen LogP contribution in [-0.4, -0.2) is 8.97 Å². The molecule has 8 aromatic carbocycles. The average molecular weight is 650 g/mol. The molecular weight excluding hydrogens is 619 g/mol. The first kappa shape index (κ1) is 28.0. The van der Waals surface area contributed by atoms with Crippen LogP contribution in [-0.2, 0) is 0 Å². The molecule has 0 bridgehead atoms. The Hall–Kier alpha value is -6.84. The minimum atomic E-state index is 1.11. The molecule has 0 saturated carbocycles. The number of hydrogen-bond donors (Lipinski definition) is 0. The molecule has 0 atom stereocenters. The highest BCUT2D eigenvalue weighted by Gasteiger charge is 2.23. The zero-order valence-electron chi connectivity index (χ0n) is 27.7. The van der Waals surface area contributed by atoms with Crippen molar-refractivity contribution in [3.63, 3.8) is 0 Å². The van der Waals surface area contributed by atoms with Gasteiger partial charge < -0.3 is 13.9 Å². The summed E-state index contributed by atoms with van der Waals surface area (Å²) in [5.74, 6) is 0. The lowest BCUT2D eigenvalue weighted by molar-refractivity contribution is 1.17. The second-order valence-electron chi connectivity index (χ2n) is 13.4. The van der Waals surface area contributed by atoms with Crippen LogP contribution in [0.4, 0.5) is 17.1 Å². The fraction of sp³-hybridized carbons (Fsp3) is 0. The molecule has 0 N–H and O–H groups in total. The molecule has 0 aliphatic rings. The number of anilines is 3. The summed E-state index contributed by atoms with van der Waals surface area (Å²) in [5.41, 5.74) is 13.1. The van der Waals surface area contributed by atoms with Gasteiger partial charge in [0.1, 0.15) is 0 Å². The Kier molecular flexibility index (Phi) is 5.96. The van der Waals surface area contributed by atoms with Crippen molar-refractivity contribution >= 4 is 77.0 Å². The van der Waals surface area contributed by atoms with Crippen LogP contribution in [0.15, 0.2) is 188 Å². The van der Waals surface area contributed by atoms with Gasteiger partial charge in [-0.05, 0) is 89.3 Å². The van der Waals surface area contributed by atoms with E-state index in [1.807, 2.05) is 0 Å². The topological polar surface area (TPSA) is 12.6 Å². The Labute approximate surface area is 294 Å². The molecule has 0 spiro atoms. The van der Waals surface area contributed by atoms with Gasteiger partial charge in [-0.1, -0.05) is 115 Å². The van der Waals surface area contributed by atoms with E-state index in [-0.39, 0.29) is 0 Å². The van der Waals surface area contributed by atoms with Crippen molar-refractivity contribution in [3.8, 4) is 16.8 Å². The molecule has 3 nitrogen and oxygen atoms in total. The predicted molar refractivity (Wildman–Crippen MR) is 216 cm³/mol. The van der Waals surface area contributed by atoms with E-state index in [1.165, 1.54) is 71.0 Å². The Bertz CT molecular complexity index is 3060. The Morgan fingerprint density at radius 2 is 0.882 bits per heavy atom. The van der Waals surface area contributed by atoms with Gasteiger partial charge in [0.05, 0.1) is 27.6 Å². The zero-order valence-corrected chi connectivity index (χ0v) is 27.7. The maximum atomic E-state index is 2.50. The van der Waals surface area contributed by atoms with Crippen molar-refractivity contribution in [2.45, 2.75) is 0 Å². The summed E-state index contributed by atoms with van der Waals surface area (Å²) in [6.45, 7) is 0. The van der Waals surface area contributed by atoms with Gasteiger partial charge in [0.25, 0.3) is 0 Å². The summed E-state index contributed by atoms with van der Waals surface area (Å²) in [6.07, 6.45) is 0. The van der Waals surface area contributed by atoms with Crippen LogP contribution in [0.2, 0.25) is 0 Å². The number of hydrogen-bond acceptors (Lipinski definition) is 1. The van der Waals surface area contributed by atoms with Crippen LogP contribution in [0.25, 0.3) is 76.7 Å². The molecule has 3 heteroatoms. The molecule has 238 valence electrons. The van der Waals surface area contributed by atoms with Gasteiger partial charge in [0.15, 0.2) is 0 Å². The van der Waals surface area contributed by atoms with Crippen LogP contribution < -0.4 is 4.90 Å². The molecular formula is C48H31N3. The fourth-order valence-electron chi connectivity index (χ4n) is 8.48. The van der Waals surface area contributed by atoms with Gasteiger partial charge in [-0.2, -0.15) is 0 Å². The number of rotatable bonds is 5. The van der Waals surface area contributed by atoms with Crippen molar-refractivity contribution in [1.29, 1.82) is 0 Å². The van der Waals surface area contributed by atoms with Crippen molar-refractivity contribution in [1.82, 2.24) is 8.97 Å². The molecule has 51 heavy (non-hydrogen) atoms. The molecule has 3 heterocycles. The number of benzene rings is 8. The molecule has 0 fully saturated rings. The summed E-state index contributed by atoms with van der Waals surface area (Å²) >= 11 is 0. The third-order valence-corrected chi connectivity index (χ3v) is 10.6. The van der Waals surface area contributed by atoms with E-state index in [4.69, 9.17) is 0 Å². The predicted octanol–water partition coefficient (Wildman–Crippen LogP) is 13.1. The van der Waals surface area contributed by atoms with E-state index >= 15 is 0 Å². The minimum Gasteiger partial charge on any atom is -0.310 e. The molecule has 0 radical (unpaired) electrons. The largest absolute Gasteiger partial charge is 0.310 e. The highest BCUT2D eigenvalue weighted by Crippen LogP contribution is 2.45. The fourth-order valence-corrected chi connectivity index (χ4v) is 8.48. The molecule has 11 aromatic rings. The van der Waals surface area contributed by atoms with Gasteiger partial charge in [-0.25, -0.2) is 0 Å². The molecule has 3 aromatic heterocycles. The van der Waals surface area contributed by atoms with E-state index in [0.717, 1.165) is 22.7 Å². The molecule has 0 aliphatic heterocycles. The second kappa shape index (κ2) is 10.8. The lowest BCUT2D eigenvalue weighted by Gasteiger charge is -2.26. The summed E-state index contributed by atoms with van der Waals surface area (Å²) in [4.78, 5) is 2.34. The Balaban J connectivity index is 1.15. The van der Waals surface area contributed by atoms with Gasteiger partial charge in [0.2, 0.25) is 0 Å². The van der Waals surface area contributed by atoms with Crippen molar-refractivity contribution < 1.29 is 0 Å². The smallest absolute Gasteiger partial charge is 0.0641 e. The van der Waals surface area contributed by atoms with Crippen LogP contribution in [0.1, 0.15) is 0 Å². The lowest BCUT2D eigenvalue weighted by Crippen LogP contribution is -2.10. The third kappa shape index (κ3) is 4.06. The minimum absolute atomic E-state index is 1.11. The monoisotopic (exact) mass is 649 g/mol. The molecule has 11 rings (SSSR count). The van der Waals surface area contributed by atoms with E-state index in [2.05, 4.69) is 202 Å². The number of para-hydroxylation sites is 3. The maximum absolute atomic E-state index is 2.50. The van der Waals surface area contributed by atoms with Gasteiger partial charge in [0, 0.05) is 49.7 Å². The SMILES string of the molecule is c1ccc(-c2cccc(N(c3ccccc3)c3ccc(-n4c5cccc6c7ccccc7n7c8ccccc8c8ccc4c(c65)c87)cc3)c2)cc1. The van der Waals surface area contributed by atoms with Gasteiger partial charge in [-0.3, -0.25) is 0 Å². The zero-order chi connectivity index (χ0) is 33.5. The van der Waals surface area contributed by atoms with Gasteiger partial charge >= 0.3 is 0 Å². The molecule has 0 saturated heterocycles. The van der Waals surface area contributed by atoms with Crippen molar-refractivity contribution in [2.75, 3.05) is 4.90 Å². The standard InChI is InChI=1S/C48H31N3/c1-3-13-32(14-4-1)33-15-11-18-37(31-33)49(34-16-5-2-6-17-34)35-25-27-36(28-26-35)50-44-24-12-21-40-38-19-7-9-22-42(38)51-43-23-10-8-20-39(43)41-29-30-45(50)47(46(40)44)48(41)51/h1-31H. The van der Waals surface area contributed by atoms with Crippen molar-refractivity contribution in [3.05, 3.63) is 188 Å². The van der Waals surface area contributed by atoms with Crippen LogP contribution >= 0.6 is 0 Å². The van der Waals surface area contributed by atoms with E-state index < -0.39 is 0 Å². The summed E-state index contributed by atoms with van der Waals surface area (Å²) in [6, 6.07) is 68.3. The highest BCUT2D eigenvalue weighted by atomic mass is 15.1. The molecule has 0 aliphatic carbocycles. The number of nitrogens with zero attached hydrogens (tertiary/aromatic N) is 3. The molecule has 0 unspecified atom stereocenters. The average Bonchev–Trinajstić information content (AvgIpc) is 3.68. The Morgan fingerprint density at radius 1 is 0.333 bits per heavy atom. The first-order chi connectivity index (χ1) is 25.3. The van der Waals surface area contributed by atoms with Crippen LogP contribution in [0.3, 0.4) is 0 Å². The second-order valence-corrected chi connectivity index (χ2v) is 13.4. The van der Waals surface area contributed by atoms with E-state index in [1.54, 1.807) is 0 Å². The summed E-state index contributed by atoms with van der Waals surface area (Å²) in [7, 11) is 0. The highest BCUT2D eigenvalue weighted by molar-refractivity contribution is 6.33. The van der Waals surface area contributed by atoms with Crippen LogP contribution in [0.5, 0.6) is 0 Å². The van der Waals surface area contributed by atoms with Crippen LogP contribution in [0, 0.1) is 0 Å². The van der Waals surface area contributed by atoms with Gasteiger partial charge in [-0.15, -0.1) is 0 Å². The normalized spacial score (nSPS) is 11.9. The number of aromatic nitrogens is 2. The third-order valence-electron chi connectivity index (χ3n) is 10.6. The lowest BCUT2D eigenvalue weighted by atomic mass is 10.0. The van der Waals surface area contributed by atoms with E-state index in [9.17, 15) is 0 Å². The quantitative estimate of drug-likeness (QED) is 0.181. The molecule has 0 amide bonds. The first-order valence-electron chi connectivity index (χ1n) is 17.5. The summed E-state index contributed by atoms with van der Waals surface area (Å²) in [5, 5.41) is 7.71. The first-order valence-corrected chi connectivity index (χ1v) is 17.5.